The molecule has 1 atom stereocenters. The Hall–Kier alpha value is -4.05. The number of ether oxygens (including phenoxy) is 4. The van der Waals surface area contributed by atoms with Gasteiger partial charge >= 0.3 is 6.36 Å². The van der Waals surface area contributed by atoms with E-state index in [0.29, 0.717) is 42.1 Å². The minimum Gasteiger partial charge on any atom is -0.484 e. The van der Waals surface area contributed by atoms with Gasteiger partial charge in [-0.3, -0.25) is 19.3 Å². The van der Waals surface area contributed by atoms with Crippen LogP contribution < -0.4 is 30.7 Å². The summed E-state index contributed by atoms with van der Waals surface area (Å²) in [5, 5.41) is 6.10. The molecule has 2 heterocycles. The molecule has 12 nitrogen and oxygen atoms in total. The smallest absolute Gasteiger partial charge is 0.484 e. The first kappa shape index (κ1) is 35.4. The van der Waals surface area contributed by atoms with E-state index in [1.807, 2.05) is 0 Å². The van der Waals surface area contributed by atoms with Crippen molar-refractivity contribution < 1.29 is 46.5 Å². The van der Waals surface area contributed by atoms with E-state index >= 15 is 0 Å². The number of amides is 3. The Bertz CT molecular complexity index is 1300. The summed E-state index contributed by atoms with van der Waals surface area (Å²) in [6.07, 6.45) is 1.48. The standard InChI is InChI=1S/C29H38F3N5O7S/c1-3-5-7-19(4-2)15-41-13-6-12-34-27(40)25-28(37-18-42-16-22(37)26(33)39)45-24(36-25)14-35-23(38)17-43-20-8-10-21(11-9-20)44-29(30,31)32/h8-11,16,19H,3-7,12-15,17-18H2,1-2H3,(H2,33,39)(H,34,40)(H,35,38). The van der Waals surface area contributed by atoms with Crippen molar-refractivity contribution in [2.75, 3.05) is 38.0 Å². The Balaban J connectivity index is 1.55. The van der Waals surface area contributed by atoms with Gasteiger partial charge in [-0.15, -0.1) is 13.2 Å². The number of anilines is 1. The Morgan fingerprint density at radius 2 is 1.87 bits per heavy atom. The summed E-state index contributed by atoms with van der Waals surface area (Å²) in [6.45, 7) is 5.26. The number of thiazole rings is 1. The van der Waals surface area contributed by atoms with Crippen LogP contribution in [0.4, 0.5) is 18.2 Å². The molecular weight excluding hydrogens is 619 g/mol. The first-order chi connectivity index (χ1) is 21.5. The Morgan fingerprint density at radius 1 is 1.13 bits per heavy atom. The number of primary amides is 1. The molecule has 1 aliphatic heterocycles. The van der Waals surface area contributed by atoms with Gasteiger partial charge in [-0.2, -0.15) is 0 Å². The number of hydrogen-bond donors (Lipinski definition) is 3. The summed E-state index contributed by atoms with van der Waals surface area (Å²) >= 11 is 1.07. The first-order valence-corrected chi connectivity index (χ1v) is 15.3. The lowest BCUT2D eigenvalue weighted by molar-refractivity contribution is -0.274. The molecule has 1 unspecified atom stereocenters. The lowest BCUT2D eigenvalue weighted by Gasteiger charge is -2.17. The summed E-state index contributed by atoms with van der Waals surface area (Å²) < 4.78 is 57.1. The Morgan fingerprint density at radius 3 is 2.53 bits per heavy atom. The van der Waals surface area contributed by atoms with Gasteiger partial charge in [-0.25, -0.2) is 4.98 Å². The number of rotatable bonds is 19. The zero-order valence-electron chi connectivity index (χ0n) is 25.1. The van der Waals surface area contributed by atoms with E-state index in [2.05, 4.69) is 34.2 Å². The molecule has 0 radical (unpaired) electrons. The minimum absolute atomic E-state index is 0.0332. The zero-order valence-corrected chi connectivity index (χ0v) is 25.9. The third-order valence-corrected chi connectivity index (χ3v) is 7.65. The number of benzene rings is 1. The van der Waals surface area contributed by atoms with Crippen molar-refractivity contribution in [2.45, 2.75) is 58.9 Å². The summed E-state index contributed by atoms with van der Waals surface area (Å²) in [4.78, 5) is 43.3. The zero-order chi connectivity index (χ0) is 32.8. The second-order valence-electron chi connectivity index (χ2n) is 10.0. The van der Waals surface area contributed by atoms with Gasteiger partial charge in [0.25, 0.3) is 17.7 Å². The van der Waals surface area contributed by atoms with Crippen molar-refractivity contribution >= 4 is 34.1 Å². The largest absolute Gasteiger partial charge is 0.573 e. The molecule has 0 bridgehead atoms. The van der Waals surface area contributed by atoms with E-state index < -0.39 is 36.4 Å². The van der Waals surface area contributed by atoms with Crippen molar-refractivity contribution in [3.8, 4) is 11.5 Å². The second-order valence-corrected chi connectivity index (χ2v) is 11.1. The van der Waals surface area contributed by atoms with Crippen LogP contribution in [-0.2, 0) is 25.6 Å². The van der Waals surface area contributed by atoms with Crippen molar-refractivity contribution in [1.29, 1.82) is 0 Å². The highest BCUT2D eigenvalue weighted by Gasteiger charge is 2.31. The number of carbonyl (C=O) groups is 3. The number of alkyl halides is 3. The highest BCUT2D eigenvalue weighted by molar-refractivity contribution is 7.16. The maximum absolute atomic E-state index is 13.1. The van der Waals surface area contributed by atoms with Crippen LogP contribution in [0.5, 0.6) is 11.5 Å². The molecular formula is C29H38F3N5O7S. The molecule has 16 heteroatoms. The van der Waals surface area contributed by atoms with Gasteiger partial charge in [0.15, 0.2) is 19.0 Å². The molecule has 248 valence electrons. The maximum Gasteiger partial charge on any atom is 0.573 e. The predicted molar refractivity (Wildman–Crippen MR) is 159 cm³/mol. The third-order valence-electron chi connectivity index (χ3n) is 6.57. The van der Waals surface area contributed by atoms with Gasteiger partial charge in [-0.1, -0.05) is 44.4 Å². The minimum atomic E-state index is -4.82. The van der Waals surface area contributed by atoms with Gasteiger partial charge in [0, 0.05) is 19.8 Å². The topological polar surface area (TPSA) is 154 Å². The molecule has 4 N–H and O–H groups in total. The van der Waals surface area contributed by atoms with E-state index in [1.54, 1.807) is 0 Å². The van der Waals surface area contributed by atoms with E-state index in [0.717, 1.165) is 42.7 Å². The van der Waals surface area contributed by atoms with E-state index in [9.17, 15) is 27.6 Å². The first-order valence-electron chi connectivity index (χ1n) is 14.5. The fourth-order valence-corrected chi connectivity index (χ4v) is 5.17. The van der Waals surface area contributed by atoms with Crippen molar-refractivity contribution in [2.24, 2.45) is 11.7 Å². The van der Waals surface area contributed by atoms with Crippen LogP contribution in [0, 0.1) is 5.92 Å². The van der Waals surface area contributed by atoms with E-state index in [4.69, 9.17) is 19.9 Å². The number of hydrogen-bond acceptors (Lipinski definition) is 10. The summed E-state index contributed by atoms with van der Waals surface area (Å²) in [5.41, 5.74) is 5.55. The molecule has 1 aliphatic rings. The summed E-state index contributed by atoms with van der Waals surface area (Å²) in [5.74, 6) is -1.53. The van der Waals surface area contributed by atoms with Crippen molar-refractivity contribution in [1.82, 2.24) is 15.6 Å². The second kappa shape index (κ2) is 17.4. The lowest BCUT2D eigenvalue weighted by atomic mass is 10.0. The quantitative estimate of drug-likeness (QED) is 0.189. The highest BCUT2D eigenvalue weighted by Crippen LogP contribution is 2.33. The van der Waals surface area contributed by atoms with Crippen molar-refractivity contribution in [3.63, 3.8) is 0 Å². The SMILES string of the molecule is CCCCC(CC)COCCCNC(=O)c1nc(CNC(=O)COc2ccc(OC(F)(F)F)cc2)sc1N1COC=C1C(N)=O. The monoisotopic (exact) mass is 657 g/mol. The van der Waals surface area contributed by atoms with Gasteiger partial charge in [0.2, 0.25) is 0 Å². The number of nitrogens with two attached hydrogens (primary N) is 1. The van der Waals surface area contributed by atoms with Crippen molar-refractivity contribution in [3.05, 3.63) is 46.9 Å². The number of carbonyl (C=O) groups excluding carboxylic acids is 3. The number of aromatic nitrogens is 1. The molecule has 3 rings (SSSR count). The van der Waals surface area contributed by atoms with Crippen LogP contribution in [0.2, 0.25) is 0 Å². The van der Waals surface area contributed by atoms with Crippen LogP contribution in [0.3, 0.4) is 0 Å². The number of unbranched alkanes of at least 4 members (excludes halogenated alkanes) is 1. The van der Waals surface area contributed by atoms with Crippen LogP contribution in [0.15, 0.2) is 36.2 Å². The average Bonchev–Trinajstić information content (AvgIpc) is 3.66. The van der Waals surface area contributed by atoms with Gasteiger partial charge < -0.3 is 35.3 Å². The normalized spacial score (nSPS) is 13.5. The van der Waals surface area contributed by atoms with Gasteiger partial charge in [-0.05, 0) is 43.0 Å². The molecule has 1 aromatic heterocycles. The fourth-order valence-electron chi connectivity index (χ4n) is 4.16. The molecule has 3 amide bonds. The molecule has 0 saturated heterocycles. The molecule has 1 aromatic carbocycles. The molecule has 0 spiro atoms. The number of halogens is 3. The van der Waals surface area contributed by atoms with E-state index in [-0.39, 0.29) is 30.4 Å². The lowest BCUT2D eigenvalue weighted by Crippen LogP contribution is -2.31. The summed E-state index contributed by atoms with van der Waals surface area (Å²) in [6, 6.07) is 4.58. The number of nitrogens with zero attached hydrogens (tertiary/aromatic N) is 2. The maximum atomic E-state index is 13.1. The number of nitrogens with one attached hydrogen (secondary N) is 2. The van der Waals surface area contributed by atoms with Crippen LogP contribution >= 0.6 is 11.3 Å². The molecule has 0 saturated carbocycles. The van der Waals surface area contributed by atoms with Crippen LogP contribution in [-0.4, -0.2) is 62.2 Å². The molecule has 45 heavy (non-hydrogen) atoms. The molecule has 2 aromatic rings. The predicted octanol–water partition coefficient (Wildman–Crippen LogP) is 4.21. The van der Waals surface area contributed by atoms with Crippen LogP contribution in [0.1, 0.15) is 61.4 Å². The third kappa shape index (κ3) is 11.8. The van der Waals surface area contributed by atoms with E-state index in [1.165, 1.54) is 29.7 Å². The Labute approximate surface area is 263 Å². The van der Waals surface area contributed by atoms with Gasteiger partial charge in [0.1, 0.15) is 33.5 Å². The Kier molecular flexibility index (Phi) is 13.7. The fraction of sp³-hybridized carbons (Fsp3) is 0.517. The van der Waals surface area contributed by atoms with Gasteiger partial charge in [0.05, 0.1) is 6.54 Å². The highest BCUT2D eigenvalue weighted by atomic mass is 32.1. The average molecular weight is 658 g/mol. The molecule has 0 aliphatic carbocycles. The summed E-state index contributed by atoms with van der Waals surface area (Å²) in [7, 11) is 0. The molecule has 0 fully saturated rings. The van der Waals surface area contributed by atoms with Crippen LogP contribution in [0.25, 0.3) is 0 Å².